The number of fused-ring (bicyclic) bond motifs is 1. The fraction of sp³-hybridized carbons (Fsp3) is 0.471. The summed E-state index contributed by atoms with van der Waals surface area (Å²) in [5, 5.41) is 13.2. The molecule has 0 saturated carbocycles. The third kappa shape index (κ3) is 3.80. The lowest BCUT2D eigenvalue weighted by atomic mass is 10.2. The van der Waals surface area contributed by atoms with E-state index in [-0.39, 0.29) is 12.6 Å². The standard InChI is InChI=1S/C17H25N3O2/c1-3-8-19-10-7-14-5-6-15(13-16(14)19)18-17(22)20(9-4-2)11-12-21/h5-7,10,13,21H,3-4,8-9,11-12H2,1-2H3,(H,18,22). The van der Waals surface area contributed by atoms with Crippen molar-refractivity contribution in [2.24, 2.45) is 0 Å². The van der Waals surface area contributed by atoms with Crippen LogP contribution in [0.1, 0.15) is 26.7 Å². The zero-order chi connectivity index (χ0) is 15.9. The molecule has 0 atom stereocenters. The maximum Gasteiger partial charge on any atom is 0.321 e. The van der Waals surface area contributed by atoms with Gasteiger partial charge in [0.2, 0.25) is 0 Å². The van der Waals surface area contributed by atoms with Crippen LogP contribution in [0.25, 0.3) is 10.9 Å². The number of benzene rings is 1. The van der Waals surface area contributed by atoms with Gasteiger partial charge in [-0.1, -0.05) is 19.9 Å². The minimum Gasteiger partial charge on any atom is -0.395 e. The summed E-state index contributed by atoms with van der Waals surface area (Å²) in [6.07, 6.45) is 4.02. The normalized spacial score (nSPS) is 10.9. The van der Waals surface area contributed by atoms with Gasteiger partial charge in [-0.2, -0.15) is 0 Å². The zero-order valence-corrected chi connectivity index (χ0v) is 13.4. The average molecular weight is 303 g/mol. The summed E-state index contributed by atoms with van der Waals surface area (Å²) in [6.45, 7) is 6.10. The largest absolute Gasteiger partial charge is 0.395 e. The number of nitrogens with zero attached hydrogens (tertiary/aromatic N) is 2. The van der Waals surface area contributed by atoms with Crippen LogP contribution in [0.5, 0.6) is 0 Å². The van der Waals surface area contributed by atoms with Gasteiger partial charge in [-0.05, 0) is 36.4 Å². The van der Waals surface area contributed by atoms with Crippen molar-refractivity contribution >= 4 is 22.6 Å². The van der Waals surface area contributed by atoms with Crippen LogP contribution in [0.4, 0.5) is 10.5 Å². The highest BCUT2D eigenvalue weighted by Crippen LogP contribution is 2.21. The maximum absolute atomic E-state index is 12.3. The molecule has 2 rings (SSSR count). The lowest BCUT2D eigenvalue weighted by Crippen LogP contribution is -2.37. The van der Waals surface area contributed by atoms with Crippen molar-refractivity contribution in [2.45, 2.75) is 33.2 Å². The number of amides is 2. The van der Waals surface area contributed by atoms with Crippen molar-refractivity contribution < 1.29 is 9.90 Å². The highest BCUT2D eigenvalue weighted by molar-refractivity contribution is 5.92. The molecule has 0 unspecified atom stereocenters. The predicted molar refractivity (Wildman–Crippen MR) is 90.2 cm³/mol. The molecule has 0 aliphatic carbocycles. The van der Waals surface area contributed by atoms with Crippen molar-refractivity contribution in [3.63, 3.8) is 0 Å². The Morgan fingerprint density at radius 2 is 2.05 bits per heavy atom. The number of hydrogen-bond acceptors (Lipinski definition) is 2. The SMILES string of the molecule is CCCN(CCO)C(=O)Nc1ccc2ccn(CCC)c2c1. The number of hydrogen-bond donors (Lipinski definition) is 2. The third-order valence-electron chi connectivity index (χ3n) is 3.64. The summed E-state index contributed by atoms with van der Waals surface area (Å²) in [4.78, 5) is 13.9. The number of aliphatic hydroxyl groups is 1. The smallest absolute Gasteiger partial charge is 0.321 e. The second kappa shape index (κ2) is 7.84. The molecule has 2 amide bonds. The quantitative estimate of drug-likeness (QED) is 0.824. The Morgan fingerprint density at radius 3 is 2.73 bits per heavy atom. The molecule has 5 heteroatoms. The van der Waals surface area contributed by atoms with Gasteiger partial charge in [0, 0.05) is 31.5 Å². The van der Waals surface area contributed by atoms with Crippen LogP contribution in [0, 0.1) is 0 Å². The lowest BCUT2D eigenvalue weighted by Gasteiger charge is -2.21. The number of aromatic nitrogens is 1. The first-order valence-corrected chi connectivity index (χ1v) is 7.95. The summed E-state index contributed by atoms with van der Waals surface area (Å²) in [5.41, 5.74) is 1.91. The minimum atomic E-state index is -0.163. The number of aliphatic hydroxyl groups excluding tert-OH is 1. The van der Waals surface area contributed by atoms with E-state index >= 15 is 0 Å². The van der Waals surface area contributed by atoms with E-state index in [4.69, 9.17) is 5.11 Å². The van der Waals surface area contributed by atoms with Crippen molar-refractivity contribution in [2.75, 3.05) is 25.0 Å². The fourth-order valence-electron chi connectivity index (χ4n) is 2.61. The zero-order valence-electron chi connectivity index (χ0n) is 13.4. The first-order chi connectivity index (χ1) is 10.7. The fourth-order valence-corrected chi connectivity index (χ4v) is 2.61. The van der Waals surface area contributed by atoms with Crippen LogP contribution < -0.4 is 5.32 Å². The number of nitrogens with one attached hydrogen (secondary N) is 1. The van der Waals surface area contributed by atoms with Crippen LogP contribution in [0.15, 0.2) is 30.5 Å². The van der Waals surface area contributed by atoms with E-state index < -0.39 is 0 Å². The van der Waals surface area contributed by atoms with Gasteiger partial charge in [-0.3, -0.25) is 0 Å². The molecule has 22 heavy (non-hydrogen) atoms. The van der Waals surface area contributed by atoms with Crippen molar-refractivity contribution in [3.8, 4) is 0 Å². The van der Waals surface area contributed by atoms with Gasteiger partial charge in [0.1, 0.15) is 0 Å². The van der Waals surface area contributed by atoms with Gasteiger partial charge in [0.25, 0.3) is 0 Å². The van der Waals surface area contributed by atoms with Crippen LogP contribution in [0.3, 0.4) is 0 Å². The van der Waals surface area contributed by atoms with Gasteiger partial charge >= 0.3 is 6.03 Å². The molecule has 0 fully saturated rings. The number of aryl methyl sites for hydroxylation is 1. The Morgan fingerprint density at radius 1 is 1.23 bits per heavy atom. The molecule has 1 aromatic heterocycles. The van der Waals surface area contributed by atoms with Gasteiger partial charge in [-0.25, -0.2) is 4.79 Å². The summed E-state index contributed by atoms with van der Waals surface area (Å²) in [5.74, 6) is 0. The Labute approximate surface area is 131 Å². The van der Waals surface area contributed by atoms with Crippen LogP contribution in [-0.4, -0.2) is 40.3 Å². The molecule has 0 bridgehead atoms. The van der Waals surface area contributed by atoms with E-state index in [0.29, 0.717) is 13.1 Å². The van der Waals surface area contributed by atoms with Gasteiger partial charge < -0.3 is 19.9 Å². The van der Waals surface area contributed by atoms with E-state index in [1.54, 1.807) is 4.90 Å². The lowest BCUT2D eigenvalue weighted by molar-refractivity contribution is 0.188. The van der Waals surface area contributed by atoms with E-state index in [9.17, 15) is 4.79 Å². The topological polar surface area (TPSA) is 57.5 Å². The molecule has 2 N–H and O–H groups in total. The average Bonchev–Trinajstić information content (AvgIpc) is 2.90. The highest BCUT2D eigenvalue weighted by atomic mass is 16.3. The Hall–Kier alpha value is -2.01. The Bertz CT molecular complexity index is 615. The molecule has 1 aromatic carbocycles. The van der Waals surface area contributed by atoms with Gasteiger partial charge in [0.05, 0.1) is 12.1 Å². The summed E-state index contributed by atoms with van der Waals surface area (Å²) in [6, 6.07) is 7.87. The number of carbonyl (C=O) groups excluding carboxylic acids is 1. The van der Waals surface area contributed by atoms with E-state index in [0.717, 1.165) is 30.6 Å². The summed E-state index contributed by atoms with van der Waals surface area (Å²) >= 11 is 0. The second-order valence-electron chi connectivity index (χ2n) is 5.42. The highest BCUT2D eigenvalue weighted by Gasteiger charge is 2.12. The first-order valence-electron chi connectivity index (χ1n) is 7.95. The van der Waals surface area contributed by atoms with Gasteiger partial charge in [-0.15, -0.1) is 0 Å². The molecule has 0 aliphatic rings. The number of rotatable bonds is 7. The summed E-state index contributed by atoms with van der Waals surface area (Å²) < 4.78 is 2.20. The minimum absolute atomic E-state index is 0.0220. The van der Waals surface area contributed by atoms with E-state index in [2.05, 4.69) is 29.1 Å². The van der Waals surface area contributed by atoms with E-state index in [1.807, 2.05) is 25.1 Å². The monoisotopic (exact) mass is 303 g/mol. The molecule has 0 saturated heterocycles. The van der Waals surface area contributed by atoms with Crippen molar-refractivity contribution in [1.29, 1.82) is 0 Å². The second-order valence-corrected chi connectivity index (χ2v) is 5.42. The Kier molecular flexibility index (Phi) is 5.83. The van der Waals surface area contributed by atoms with Crippen LogP contribution in [-0.2, 0) is 6.54 Å². The maximum atomic E-state index is 12.3. The van der Waals surface area contributed by atoms with Gasteiger partial charge in [0.15, 0.2) is 0 Å². The molecule has 0 radical (unpaired) electrons. The molecule has 5 nitrogen and oxygen atoms in total. The van der Waals surface area contributed by atoms with Crippen LogP contribution in [0.2, 0.25) is 0 Å². The molecule has 120 valence electrons. The molecule has 1 heterocycles. The number of anilines is 1. The predicted octanol–water partition coefficient (Wildman–Crippen LogP) is 3.29. The molecular formula is C17H25N3O2. The molecule has 0 aliphatic heterocycles. The van der Waals surface area contributed by atoms with Crippen molar-refractivity contribution in [3.05, 3.63) is 30.5 Å². The number of urea groups is 1. The van der Waals surface area contributed by atoms with Crippen LogP contribution >= 0.6 is 0 Å². The molecule has 2 aromatic rings. The molecular weight excluding hydrogens is 278 g/mol. The first kappa shape index (κ1) is 16.4. The number of carbonyl (C=O) groups is 1. The molecule has 0 spiro atoms. The van der Waals surface area contributed by atoms with E-state index in [1.165, 1.54) is 5.39 Å². The third-order valence-corrected chi connectivity index (χ3v) is 3.64. The summed E-state index contributed by atoms with van der Waals surface area (Å²) in [7, 11) is 0. The Balaban J connectivity index is 2.16. The van der Waals surface area contributed by atoms with Crippen molar-refractivity contribution in [1.82, 2.24) is 9.47 Å².